The third kappa shape index (κ3) is 4.59. The molecule has 108 valence electrons. The largest absolute Gasteiger partial charge is 0.321 e. The summed E-state index contributed by atoms with van der Waals surface area (Å²) in [6.45, 7) is 3.72. The Morgan fingerprint density at radius 1 is 1.33 bits per heavy atom. The Morgan fingerprint density at radius 3 is 2.86 bits per heavy atom. The highest BCUT2D eigenvalue weighted by molar-refractivity contribution is 14.1. The Labute approximate surface area is 150 Å². The molecule has 2 aromatic rings. The zero-order valence-corrected chi connectivity index (χ0v) is 15.7. The molecule has 5 heteroatoms. The number of benzene rings is 2. The standard InChI is InChI=1S/C16H13BrINOS/c1-2-9-21-15-6-4-3-5-14(15)19-16(20)12-10-11(18)7-8-13(12)17/h2-8,10H,1,9H2,(H,19,20). The molecule has 2 aromatic carbocycles. The van der Waals surface area contributed by atoms with Crippen molar-refractivity contribution in [3.05, 3.63) is 68.7 Å². The van der Waals surface area contributed by atoms with E-state index >= 15 is 0 Å². The van der Waals surface area contributed by atoms with Crippen molar-refractivity contribution in [2.24, 2.45) is 0 Å². The van der Waals surface area contributed by atoms with Crippen LogP contribution in [0.1, 0.15) is 10.4 Å². The van der Waals surface area contributed by atoms with Crippen LogP contribution in [-0.2, 0) is 0 Å². The predicted molar refractivity (Wildman–Crippen MR) is 102 cm³/mol. The van der Waals surface area contributed by atoms with Gasteiger partial charge in [0, 0.05) is 18.7 Å². The van der Waals surface area contributed by atoms with E-state index in [1.165, 1.54) is 0 Å². The van der Waals surface area contributed by atoms with Crippen molar-refractivity contribution in [2.45, 2.75) is 4.90 Å². The number of thioether (sulfide) groups is 1. The van der Waals surface area contributed by atoms with Crippen molar-refractivity contribution in [3.8, 4) is 0 Å². The molecule has 0 unspecified atom stereocenters. The molecule has 0 fully saturated rings. The molecule has 2 nitrogen and oxygen atoms in total. The van der Waals surface area contributed by atoms with Crippen molar-refractivity contribution in [1.29, 1.82) is 0 Å². The fourth-order valence-corrected chi connectivity index (χ4v) is 3.37. The summed E-state index contributed by atoms with van der Waals surface area (Å²) in [7, 11) is 0. The summed E-state index contributed by atoms with van der Waals surface area (Å²) < 4.78 is 1.81. The minimum absolute atomic E-state index is 0.118. The van der Waals surface area contributed by atoms with Gasteiger partial charge >= 0.3 is 0 Å². The van der Waals surface area contributed by atoms with E-state index in [0.29, 0.717) is 5.56 Å². The van der Waals surface area contributed by atoms with Gasteiger partial charge in [-0.25, -0.2) is 0 Å². The van der Waals surface area contributed by atoms with Gasteiger partial charge in [-0.2, -0.15) is 0 Å². The zero-order valence-electron chi connectivity index (χ0n) is 11.1. The number of amides is 1. The average molecular weight is 474 g/mol. The summed E-state index contributed by atoms with van der Waals surface area (Å²) in [6.07, 6.45) is 1.85. The molecule has 0 aliphatic heterocycles. The van der Waals surface area contributed by atoms with Crippen molar-refractivity contribution < 1.29 is 4.79 Å². The first-order chi connectivity index (χ1) is 10.1. The Bertz CT molecular complexity index is 675. The molecular weight excluding hydrogens is 461 g/mol. The lowest BCUT2D eigenvalue weighted by Crippen LogP contribution is -2.13. The maximum Gasteiger partial charge on any atom is 0.256 e. The van der Waals surface area contributed by atoms with Gasteiger partial charge in [-0.1, -0.05) is 18.2 Å². The minimum Gasteiger partial charge on any atom is -0.321 e. The summed E-state index contributed by atoms with van der Waals surface area (Å²) in [4.78, 5) is 13.5. The van der Waals surface area contributed by atoms with Gasteiger partial charge in [0.15, 0.2) is 0 Å². The molecule has 0 saturated carbocycles. The summed E-state index contributed by atoms with van der Waals surface area (Å²) >= 11 is 7.26. The van der Waals surface area contributed by atoms with Gasteiger partial charge in [0.05, 0.1) is 11.3 Å². The molecule has 0 atom stereocenters. The van der Waals surface area contributed by atoms with Crippen LogP contribution in [0.25, 0.3) is 0 Å². The first-order valence-corrected chi connectivity index (χ1v) is 9.06. The van der Waals surface area contributed by atoms with Gasteiger partial charge in [0.1, 0.15) is 0 Å². The normalized spacial score (nSPS) is 10.2. The van der Waals surface area contributed by atoms with Crippen LogP contribution >= 0.6 is 50.3 Å². The van der Waals surface area contributed by atoms with Gasteiger partial charge in [-0.3, -0.25) is 4.79 Å². The van der Waals surface area contributed by atoms with Crippen LogP contribution in [-0.4, -0.2) is 11.7 Å². The third-order valence-corrected chi connectivity index (χ3v) is 5.10. The highest BCUT2D eigenvalue weighted by Gasteiger charge is 2.12. The van der Waals surface area contributed by atoms with E-state index in [1.807, 2.05) is 48.5 Å². The van der Waals surface area contributed by atoms with Gasteiger partial charge in [-0.05, 0) is 68.9 Å². The van der Waals surface area contributed by atoms with Crippen molar-refractivity contribution >= 4 is 61.9 Å². The Morgan fingerprint density at radius 2 is 2.10 bits per heavy atom. The molecule has 0 saturated heterocycles. The van der Waals surface area contributed by atoms with Crippen molar-refractivity contribution in [3.63, 3.8) is 0 Å². The number of carbonyl (C=O) groups is 1. The van der Waals surface area contributed by atoms with Crippen LogP contribution in [0.4, 0.5) is 5.69 Å². The number of rotatable bonds is 5. The van der Waals surface area contributed by atoms with Crippen LogP contribution in [0.3, 0.4) is 0 Å². The quantitative estimate of drug-likeness (QED) is 0.348. The third-order valence-electron chi connectivity index (χ3n) is 2.66. The van der Waals surface area contributed by atoms with Crippen molar-refractivity contribution in [1.82, 2.24) is 0 Å². The van der Waals surface area contributed by atoms with Crippen LogP contribution in [0.15, 0.2) is 64.5 Å². The molecule has 0 heterocycles. The number of para-hydroxylation sites is 1. The van der Waals surface area contributed by atoms with Crippen LogP contribution in [0.5, 0.6) is 0 Å². The topological polar surface area (TPSA) is 29.1 Å². The maximum absolute atomic E-state index is 12.4. The molecule has 21 heavy (non-hydrogen) atoms. The van der Waals surface area contributed by atoms with E-state index < -0.39 is 0 Å². The van der Waals surface area contributed by atoms with E-state index in [4.69, 9.17) is 0 Å². The van der Waals surface area contributed by atoms with E-state index in [-0.39, 0.29) is 5.91 Å². The molecule has 1 amide bonds. The number of hydrogen-bond donors (Lipinski definition) is 1. The first-order valence-electron chi connectivity index (χ1n) is 6.21. The first kappa shape index (κ1) is 16.6. The molecule has 0 radical (unpaired) electrons. The van der Waals surface area contributed by atoms with Crippen molar-refractivity contribution in [2.75, 3.05) is 11.1 Å². The molecule has 1 N–H and O–H groups in total. The number of carbonyl (C=O) groups excluding carboxylic acids is 1. The van der Waals surface area contributed by atoms with E-state index in [1.54, 1.807) is 11.8 Å². The fraction of sp³-hybridized carbons (Fsp3) is 0.0625. The molecule has 0 bridgehead atoms. The number of halogens is 2. The lowest BCUT2D eigenvalue weighted by Gasteiger charge is -2.11. The molecule has 0 spiro atoms. The molecule has 0 aliphatic carbocycles. The SMILES string of the molecule is C=CCSc1ccccc1NC(=O)c1cc(I)ccc1Br. The Hall–Kier alpha value is -0.790. The van der Waals surface area contributed by atoms with Crippen LogP contribution < -0.4 is 5.32 Å². The minimum atomic E-state index is -0.118. The van der Waals surface area contributed by atoms with Crippen LogP contribution in [0, 0.1) is 3.57 Å². The number of anilines is 1. The molecular formula is C16H13BrINOS. The summed E-state index contributed by atoms with van der Waals surface area (Å²) in [5, 5.41) is 2.98. The van der Waals surface area contributed by atoms with Gasteiger partial charge in [0.2, 0.25) is 0 Å². The summed E-state index contributed by atoms with van der Waals surface area (Å²) in [5.74, 6) is 0.687. The lowest BCUT2D eigenvalue weighted by molar-refractivity contribution is 0.102. The zero-order chi connectivity index (χ0) is 15.2. The fourth-order valence-electron chi connectivity index (χ4n) is 1.71. The highest BCUT2D eigenvalue weighted by Crippen LogP contribution is 2.28. The summed E-state index contributed by atoms with van der Waals surface area (Å²) in [6, 6.07) is 13.5. The Kier molecular flexibility index (Phi) is 6.32. The van der Waals surface area contributed by atoms with E-state index in [9.17, 15) is 4.79 Å². The molecule has 0 aromatic heterocycles. The second-order valence-corrected chi connectivity index (χ2v) is 7.34. The molecule has 0 aliphatic rings. The molecule has 2 rings (SSSR count). The highest BCUT2D eigenvalue weighted by atomic mass is 127. The average Bonchev–Trinajstić information content (AvgIpc) is 2.48. The second-order valence-electron chi connectivity index (χ2n) is 4.17. The van der Waals surface area contributed by atoms with Gasteiger partial charge in [0.25, 0.3) is 5.91 Å². The van der Waals surface area contributed by atoms with E-state index in [2.05, 4.69) is 50.4 Å². The lowest BCUT2D eigenvalue weighted by atomic mass is 10.2. The summed E-state index contributed by atoms with van der Waals surface area (Å²) in [5.41, 5.74) is 1.45. The van der Waals surface area contributed by atoms with Gasteiger partial charge < -0.3 is 5.32 Å². The second kappa shape index (κ2) is 8.00. The number of hydrogen-bond acceptors (Lipinski definition) is 2. The van der Waals surface area contributed by atoms with Gasteiger partial charge in [-0.15, -0.1) is 18.3 Å². The number of nitrogens with one attached hydrogen (secondary N) is 1. The van der Waals surface area contributed by atoms with Crippen LogP contribution in [0.2, 0.25) is 0 Å². The Balaban J connectivity index is 2.23. The van der Waals surface area contributed by atoms with E-state index in [0.717, 1.165) is 24.4 Å². The smallest absolute Gasteiger partial charge is 0.256 e. The monoisotopic (exact) mass is 473 g/mol. The predicted octanol–water partition coefficient (Wildman–Crippen LogP) is 5.58. The maximum atomic E-state index is 12.4.